The summed E-state index contributed by atoms with van der Waals surface area (Å²) in [4.78, 5) is 12.0. The summed E-state index contributed by atoms with van der Waals surface area (Å²) in [6.07, 6.45) is 2.84. The number of likely N-dealkylation sites (N-methyl/N-ethyl adjacent to an activating group) is 1. The number of benzene rings is 3. The van der Waals surface area contributed by atoms with Crippen LogP contribution in [0, 0.1) is 6.92 Å². The molecule has 0 amide bonds. The summed E-state index contributed by atoms with van der Waals surface area (Å²) in [5, 5.41) is 1.83. The first-order valence-corrected chi connectivity index (χ1v) is 14.2. The molecule has 0 radical (unpaired) electrons. The van der Waals surface area contributed by atoms with Crippen LogP contribution < -0.4 is 9.47 Å². The summed E-state index contributed by atoms with van der Waals surface area (Å²) < 4.78 is 14.0. The van der Waals surface area contributed by atoms with E-state index in [1.54, 1.807) is 0 Å². The summed E-state index contributed by atoms with van der Waals surface area (Å²) in [7, 11) is 0. The molecule has 5 rings (SSSR count). The molecule has 5 aromatic rings. The maximum absolute atomic E-state index is 6.02. The van der Waals surface area contributed by atoms with Crippen molar-refractivity contribution in [2.24, 2.45) is 0 Å². The second-order valence-corrected chi connectivity index (χ2v) is 10.2. The van der Waals surface area contributed by atoms with Gasteiger partial charge in [0.05, 0.1) is 17.8 Å². The van der Waals surface area contributed by atoms with Gasteiger partial charge in [0.15, 0.2) is 0 Å². The number of hydrogen-bond acceptors (Lipinski definition) is 5. The Morgan fingerprint density at radius 1 is 0.800 bits per heavy atom. The molecule has 7 heteroatoms. The number of rotatable bonds is 12. The number of aromatic nitrogens is 3. The molecule has 0 saturated carbocycles. The second kappa shape index (κ2) is 13.0. The summed E-state index contributed by atoms with van der Waals surface area (Å²) in [5.41, 5.74) is 5.02. The van der Waals surface area contributed by atoms with Crippen LogP contribution in [-0.2, 0) is 6.42 Å². The van der Waals surface area contributed by atoms with E-state index >= 15 is 0 Å². The third-order valence-electron chi connectivity index (χ3n) is 7.01. The minimum Gasteiger partial charge on any atom is -0.493 e. The third kappa shape index (κ3) is 6.82. The van der Waals surface area contributed by atoms with Gasteiger partial charge in [0, 0.05) is 40.8 Å². The van der Waals surface area contributed by atoms with Crippen LogP contribution in [0.4, 0.5) is 0 Å². The summed E-state index contributed by atoms with van der Waals surface area (Å²) >= 11 is 5.97. The Labute approximate surface area is 241 Å². The maximum Gasteiger partial charge on any atom is 0.234 e. The Hall–Kier alpha value is -3.87. The van der Waals surface area contributed by atoms with Crippen LogP contribution in [0.15, 0.2) is 85.1 Å². The van der Waals surface area contributed by atoms with E-state index in [1.165, 1.54) is 5.56 Å². The van der Waals surface area contributed by atoms with Crippen molar-refractivity contribution >= 4 is 22.5 Å². The van der Waals surface area contributed by atoms with Gasteiger partial charge in [0.1, 0.15) is 18.1 Å². The Balaban J connectivity index is 1.27. The first-order valence-electron chi connectivity index (χ1n) is 13.8. The quantitative estimate of drug-likeness (QED) is 0.161. The fourth-order valence-electron chi connectivity index (χ4n) is 4.69. The van der Waals surface area contributed by atoms with Crippen LogP contribution in [0.1, 0.15) is 25.1 Å². The molecule has 0 N–H and O–H groups in total. The lowest BCUT2D eigenvalue weighted by atomic mass is 10.1. The number of fused-ring (bicyclic) bond motifs is 1. The third-order valence-corrected chi connectivity index (χ3v) is 7.27. The average molecular weight is 555 g/mol. The molecule has 0 unspecified atom stereocenters. The molecule has 3 aromatic carbocycles. The van der Waals surface area contributed by atoms with E-state index < -0.39 is 0 Å². The zero-order chi connectivity index (χ0) is 27.9. The van der Waals surface area contributed by atoms with E-state index in [1.807, 2.05) is 78.4 Å². The fraction of sp³-hybridized carbons (Fsp3) is 0.273. The molecule has 2 heterocycles. The van der Waals surface area contributed by atoms with Gasteiger partial charge in [-0.05, 0) is 92.3 Å². The first kappa shape index (κ1) is 27.7. The van der Waals surface area contributed by atoms with Gasteiger partial charge in [-0.3, -0.25) is 4.57 Å². The van der Waals surface area contributed by atoms with Crippen molar-refractivity contribution in [2.75, 3.05) is 32.8 Å². The van der Waals surface area contributed by atoms with Gasteiger partial charge in [0.2, 0.25) is 5.95 Å². The second-order valence-electron chi connectivity index (χ2n) is 9.73. The molecule has 6 nitrogen and oxygen atoms in total. The number of halogens is 1. The van der Waals surface area contributed by atoms with Gasteiger partial charge in [-0.15, -0.1) is 0 Å². The van der Waals surface area contributed by atoms with Crippen LogP contribution in [-0.4, -0.2) is 52.3 Å². The first-order chi connectivity index (χ1) is 19.5. The molecular weight excluding hydrogens is 520 g/mol. The van der Waals surface area contributed by atoms with Crippen molar-refractivity contribution in [3.05, 3.63) is 101 Å². The Bertz CT molecular complexity index is 1540. The number of nitrogens with zero attached hydrogens (tertiary/aromatic N) is 4. The highest BCUT2D eigenvalue weighted by atomic mass is 35.5. The summed E-state index contributed by atoms with van der Waals surface area (Å²) in [5.74, 6) is 2.34. The van der Waals surface area contributed by atoms with E-state index in [0.717, 1.165) is 70.4 Å². The van der Waals surface area contributed by atoms with Gasteiger partial charge in [0.25, 0.3) is 0 Å². The lowest BCUT2D eigenvalue weighted by Gasteiger charge is -2.18. The smallest absolute Gasteiger partial charge is 0.234 e. The molecule has 0 spiro atoms. The van der Waals surface area contributed by atoms with Crippen LogP contribution >= 0.6 is 11.6 Å². The van der Waals surface area contributed by atoms with Crippen molar-refractivity contribution in [3.8, 4) is 28.7 Å². The van der Waals surface area contributed by atoms with E-state index in [0.29, 0.717) is 19.2 Å². The molecular formula is C33H35ClN4O2. The van der Waals surface area contributed by atoms with Crippen molar-refractivity contribution in [1.82, 2.24) is 19.4 Å². The normalized spacial score (nSPS) is 11.3. The molecule has 0 saturated heterocycles. The SMILES string of the molecule is CCN(CC)CCOc1ccc2c(ccn2-c2nc(C)cc(-c3ccc(OCCc4ccc(Cl)cc4)cc3)n2)c1. The van der Waals surface area contributed by atoms with E-state index in [2.05, 4.69) is 36.9 Å². The predicted octanol–water partition coefficient (Wildman–Crippen LogP) is 7.39. The molecule has 0 aliphatic carbocycles. The molecule has 0 atom stereocenters. The maximum atomic E-state index is 6.02. The summed E-state index contributed by atoms with van der Waals surface area (Å²) in [6.45, 7) is 10.6. The molecule has 0 aliphatic rings. The van der Waals surface area contributed by atoms with Crippen LogP contribution in [0.25, 0.3) is 28.1 Å². The molecule has 0 bridgehead atoms. The van der Waals surface area contributed by atoms with Crippen LogP contribution in [0.5, 0.6) is 11.5 Å². The fourth-order valence-corrected chi connectivity index (χ4v) is 4.81. The molecule has 0 aliphatic heterocycles. The predicted molar refractivity (Wildman–Crippen MR) is 163 cm³/mol. The highest BCUT2D eigenvalue weighted by molar-refractivity contribution is 6.30. The lowest BCUT2D eigenvalue weighted by molar-refractivity contribution is 0.223. The van der Waals surface area contributed by atoms with E-state index in [-0.39, 0.29) is 0 Å². The Morgan fingerprint density at radius 2 is 1.52 bits per heavy atom. The highest BCUT2D eigenvalue weighted by Gasteiger charge is 2.11. The van der Waals surface area contributed by atoms with Gasteiger partial charge in [-0.2, -0.15) is 0 Å². The minimum absolute atomic E-state index is 0.598. The van der Waals surface area contributed by atoms with Gasteiger partial charge in [-0.25, -0.2) is 9.97 Å². The van der Waals surface area contributed by atoms with Crippen LogP contribution in [0.3, 0.4) is 0 Å². The van der Waals surface area contributed by atoms with Gasteiger partial charge in [-0.1, -0.05) is 37.6 Å². The largest absolute Gasteiger partial charge is 0.493 e. The standard InChI is InChI=1S/C33H35ClN4O2/c1-4-37(5-2)19-21-40-30-14-15-32-27(23-30)16-18-38(32)33-35-24(3)22-31(36-33)26-8-12-29(13-9-26)39-20-17-25-6-10-28(34)11-7-25/h6-16,18,22-23H,4-5,17,19-21H2,1-3H3. The zero-order valence-corrected chi connectivity index (χ0v) is 24.1. The molecule has 2 aromatic heterocycles. The summed E-state index contributed by atoms with van der Waals surface area (Å²) in [6, 6.07) is 26.2. The van der Waals surface area contributed by atoms with Crippen molar-refractivity contribution < 1.29 is 9.47 Å². The zero-order valence-electron chi connectivity index (χ0n) is 23.3. The Morgan fingerprint density at radius 3 is 2.27 bits per heavy atom. The molecule has 206 valence electrons. The van der Waals surface area contributed by atoms with E-state index in [9.17, 15) is 0 Å². The van der Waals surface area contributed by atoms with Crippen molar-refractivity contribution in [1.29, 1.82) is 0 Å². The van der Waals surface area contributed by atoms with Crippen molar-refractivity contribution in [2.45, 2.75) is 27.2 Å². The topological polar surface area (TPSA) is 52.4 Å². The number of aryl methyl sites for hydroxylation is 1. The van der Waals surface area contributed by atoms with Crippen molar-refractivity contribution in [3.63, 3.8) is 0 Å². The minimum atomic E-state index is 0.598. The lowest BCUT2D eigenvalue weighted by Crippen LogP contribution is -2.27. The molecule has 0 fully saturated rings. The van der Waals surface area contributed by atoms with E-state index in [4.69, 9.17) is 31.0 Å². The monoisotopic (exact) mass is 554 g/mol. The number of ether oxygens (including phenoxy) is 2. The van der Waals surface area contributed by atoms with Crippen LogP contribution in [0.2, 0.25) is 5.02 Å². The number of hydrogen-bond donors (Lipinski definition) is 0. The Kier molecular flexibility index (Phi) is 8.99. The van der Waals surface area contributed by atoms with Gasteiger partial charge < -0.3 is 14.4 Å². The average Bonchev–Trinajstić information content (AvgIpc) is 3.40. The molecule has 40 heavy (non-hydrogen) atoms. The highest BCUT2D eigenvalue weighted by Crippen LogP contribution is 2.26. The van der Waals surface area contributed by atoms with Gasteiger partial charge >= 0.3 is 0 Å².